The molecule has 6 heteroatoms. The van der Waals surface area contributed by atoms with Crippen LogP contribution in [-0.2, 0) is 4.79 Å². The first-order chi connectivity index (χ1) is 8.53. The Kier molecular flexibility index (Phi) is 3.12. The Balaban J connectivity index is 2.29. The van der Waals surface area contributed by atoms with Crippen molar-refractivity contribution in [3.63, 3.8) is 0 Å². The van der Waals surface area contributed by atoms with E-state index < -0.39 is 12.0 Å². The summed E-state index contributed by atoms with van der Waals surface area (Å²) >= 11 is 0. The molecule has 0 saturated carbocycles. The van der Waals surface area contributed by atoms with E-state index in [4.69, 9.17) is 0 Å². The van der Waals surface area contributed by atoms with Crippen LogP contribution in [0.4, 0.5) is 8.78 Å². The molecular weight excluding hydrogens is 242 g/mol. The highest BCUT2D eigenvalue weighted by Crippen LogP contribution is 2.25. The Hall–Kier alpha value is -2.21. The van der Waals surface area contributed by atoms with Crippen LogP contribution in [0.3, 0.4) is 0 Å². The molecule has 2 rings (SSSR count). The maximum absolute atomic E-state index is 13.2. The van der Waals surface area contributed by atoms with Gasteiger partial charge in [-0.25, -0.2) is 5.84 Å². The van der Waals surface area contributed by atoms with Gasteiger partial charge in [0.05, 0.1) is 0 Å². The van der Waals surface area contributed by atoms with Crippen LogP contribution in [0.15, 0.2) is 42.5 Å². The number of rotatable bonds is 3. The normalized spacial score (nSPS) is 11.3. The minimum absolute atomic E-state index is 0.109. The van der Waals surface area contributed by atoms with E-state index in [1.807, 2.05) is 12.1 Å². The molecule has 0 unspecified atom stereocenters. The quantitative estimate of drug-likeness (QED) is 0.497. The smallest absolute Gasteiger partial charge is 0.425 e. The topological polar surface area (TPSA) is 64.3 Å². The lowest BCUT2D eigenvalue weighted by Gasteiger charge is -2.16. The minimum Gasteiger partial charge on any atom is -0.425 e. The Morgan fingerprint density at radius 3 is 2.50 bits per heavy atom. The van der Waals surface area contributed by atoms with E-state index in [2.05, 4.69) is 10.6 Å². The molecule has 0 radical (unpaired) electrons. The van der Waals surface area contributed by atoms with Crippen LogP contribution >= 0.6 is 0 Å². The number of benzene rings is 2. The van der Waals surface area contributed by atoms with Gasteiger partial charge >= 0.3 is 12.0 Å². The van der Waals surface area contributed by atoms with Crippen LogP contribution in [-0.4, -0.2) is 12.0 Å². The van der Waals surface area contributed by atoms with E-state index in [1.165, 1.54) is 17.6 Å². The molecule has 0 aliphatic rings. The zero-order chi connectivity index (χ0) is 13.2. The molecule has 0 aliphatic heterocycles. The van der Waals surface area contributed by atoms with Crippen molar-refractivity contribution >= 4 is 16.7 Å². The number of ether oxygens (including phenoxy) is 1. The summed E-state index contributed by atoms with van der Waals surface area (Å²) in [6, 6.07) is 11.6. The lowest BCUT2D eigenvalue weighted by Crippen LogP contribution is -2.47. The monoisotopic (exact) mass is 252 g/mol. The van der Waals surface area contributed by atoms with Crippen LogP contribution < -0.4 is 16.0 Å². The van der Waals surface area contributed by atoms with Crippen molar-refractivity contribution in [3.05, 3.63) is 42.5 Å². The molecule has 0 spiro atoms. The van der Waals surface area contributed by atoms with Crippen LogP contribution in [0.25, 0.3) is 10.8 Å². The van der Waals surface area contributed by atoms with Crippen molar-refractivity contribution in [2.75, 3.05) is 0 Å². The van der Waals surface area contributed by atoms with Crippen LogP contribution in [0.5, 0.6) is 5.75 Å². The van der Waals surface area contributed by atoms with Crippen molar-refractivity contribution in [1.82, 2.24) is 5.43 Å². The van der Waals surface area contributed by atoms with E-state index >= 15 is 0 Å². The zero-order valence-electron chi connectivity index (χ0n) is 9.19. The van der Waals surface area contributed by atoms with E-state index in [0.717, 1.165) is 10.8 Å². The van der Waals surface area contributed by atoms with Gasteiger partial charge in [-0.2, -0.15) is 8.78 Å². The number of hydrogen-bond acceptors (Lipinski definition) is 3. The highest BCUT2D eigenvalue weighted by atomic mass is 19.3. The first kappa shape index (κ1) is 12.3. The highest BCUT2D eigenvalue weighted by Gasteiger charge is 2.41. The van der Waals surface area contributed by atoms with E-state index in [0.29, 0.717) is 0 Å². The molecule has 18 heavy (non-hydrogen) atoms. The molecule has 4 nitrogen and oxygen atoms in total. The fraction of sp³-hybridized carbons (Fsp3) is 0.0833. The van der Waals surface area contributed by atoms with Crippen LogP contribution in [0, 0.1) is 0 Å². The van der Waals surface area contributed by atoms with Gasteiger partial charge in [0, 0.05) is 0 Å². The predicted octanol–water partition coefficient (Wildman–Crippen LogP) is 1.80. The maximum atomic E-state index is 13.2. The van der Waals surface area contributed by atoms with Gasteiger partial charge in [-0.15, -0.1) is 0 Å². The van der Waals surface area contributed by atoms with Gasteiger partial charge in [-0.05, 0) is 22.9 Å². The summed E-state index contributed by atoms with van der Waals surface area (Å²) < 4.78 is 30.7. The third-order valence-electron chi connectivity index (χ3n) is 2.36. The third-order valence-corrected chi connectivity index (χ3v) is 2.36. The standard InChI is InChI=1S/C12H10F2N2O2/c13-12(14,11(17)16-15)18-10-6-5-8-3-1-2-4-9(8)7-10/h1-7H,15H2,(H,16,17). The van der Waals surface area contributed by atoms with Gasteiger partial charge in [-0.1, -0.05) is 30.3 Å². The largest absolute Gasteiger partial charge is 0.483 e. The number of carbonyl (C=O) groups excluding carboxylic acids is 1. The van der Waals surface area contributed by atoms with E-state index in [1.54, 1.807) is 18.2 Å². The predicted molar refractivity (Wildman–Crippen MR) is 61.9 cm³/mol. The molecule has 94 valence electrons. The molecule has 0 aliphatic carbocycles. The Labute approximate surface area is 101 Å². The summed E-state index contributed by atoms with van der Waals surface area (Å²) in [5.74, 6) is 2.84. The average molecular weight is 252 g/mol. The molecule has 0 aromatic heterocycles. The summed E-state index contributed by atoms with van der Waals surface area (Å²) in [6.07, 6.45) is -4.00. The molecule has 1 amide bonds. The number of nitrogens with one attached hydrogen (secondary N) is 1. The van der Waals surface area contributed by atoms with Gasteiger partial charge in [-0.3, -0.25) is 10.2 Å². The Bertz CT molecular complexity index is 587. The Morgan fingerprint density at radius 2 is 1.83 bits per heavy atom. The second kappa shape index (κ2) is 4.58. The van der Waals surface area contributed by atoms with Crippen molar-refractivity contribution in [2.24, 2.45) is 5.84 Å². The van der Waals surface area contributed by atoms with Gasteiger partial charge in [0.25, 0.3) is 0 Å². The summed E-state index contributed by atoms with van der Waals surface area (Å²) in [5.41, 5.74) is 1.35. The van der Waals surface area contributed by atoms with Gasteiger partial charge < -0.3 is 4.74 Å². The third kappa shape index (κ3) is 2.38. The number of alkyl halides is 2. The molecule has 0 atom stereocenters. The number of hydrazine groups is 1. The summed E-state index contributed by atoms with van der Waals surface area (Å²) in [5, 5.41) is 1.62. The summed E-state index contributed by atoms with van der Waals surface area (Å²) in [7, 11) is 0. The molecule has 0 bridgehead atoms. The fourth-order valence-electron chi connectivity index (χ4n) is 1.51. The van der Waals surface area contributed by atoms with Crippen molar-refractivity contribution in [1.29, 1.82) is 0 Å². The van der Waals surface area contributed by atoms with Crippen molar-refractivity contribution < 1.29 is 18.3 Å². The van der Waals surface area contributed by atoms with Crippen molar-refractivity contribution in [2.45, 2.75) is 6.11 Å². The number of halogens is 2. The highest BCUT2D eigenvalue weighted by molar-refractivity contribution is 5.84. The van der Waals surface area contributed by atoms with Crippen LogP contribution in [0.1, 0.15) is 0 Å². The molecule has 0 heterocycles. The molecule has 0 saturated heterocycles. The number of nitrogens with two attached hydrogens (primary N) is 1. The SMILES string of the molecule is NNC(=O)C(F)(F)Oc1ccc2ccccc2c1. The molecule has 2 aromatic carbocycles. The van der Waals surface area contributed by atoms with E-state index in [-0.39, 0.29) is 5.75 Å². The lowest BCUT2D eigenvalue weighted by atomic mass is 10.1. The first-order valence-corrected chi connectivity index (χ1v) is 5.09. The number of amides is 1. The second-order valence-electron chi connectivity index (χ2n) is 3.60. The average Bonchev–Trinajstić information content (AvgIpc) is 2.37. The maximum Gasteiger partial charge on any atom is 0.483 e. The van der Waals surface area contributed by atoms with Crippen LogP contribution in [0.2, 0.25) is 0 Å². The molecular formula is C12H10F2N2O2. The van der Waals surface area contributed by atoms with Gasteiger partial charge in [0.2, 0.25) is 0 Å². The molecule has 2 aromatic rings. The summed E-state index contributed by atoms with van der Waals surface area (Å²) in [4.78, 5) is 10.8. The minimum atomic E-state index is -4.00. The lowest BCUT2D eigenvalue weighted by molar-refractivity contribution is -0.192. The Morgan fingerprint density at radius 1 is 1.17 bits per heavy atom. The fourth-order valence-corrected chi connectivity index (χ4v) is 1.51. The number of carbonyl (C=O) groups is 1. The number of hydrogen-bond donors (Lipinski definition) is 2. The van der Waals surface area contributed by atoms with E-state index in [9.17, 15) is 13.6 Å². The second-order valence-corrected chi connectivity index (χ2v) is 3.60. The number of fused-ring (bicyclic) bond motifs is 1. The summed E-state index contributed by atoms with van der Waals surface area (Å²) in [6.45, 7) is 0. The molecule has 3 N–H and O–H groups in total. The zero-order valence-corrected chi connectivity index (χ0v) is 9.19. The van der Waals surface area contributed by atoms with Gasteiger partial charge in [0.1, 0.15) is 5.75 Å². The van der Waals surface area contributed by atoms with Gasteiger partial charge in [0.15, 0.2) is 0 Å². The first-order valence-electron chi connectivity index (χ1n) is 5.09. The molecule has 0 fully saturated rings. The van der Waals surface area contributed by atoms with Crippen molar-refractivity contribution in [3.8, 4) is 5.75 Å².